The molecular weight excluding hydrogens is 416 g/mol. The molecule has 0 bridgehead atoms. The largest absolute Gasteiger partial charge is 0.545 e. The molecule has 27 heavy (non-hydrogen) atoms. The van der Waals surface area contributed by atoms with Crippen molar-refractivity contribution in [3.05, 3.63) is 22.7 Å². The van der Waals surface area contributed by atoms with Crippen molar-refractivity contribution in [1.29, 1.82) is 0 Å². The Hall–Kier alpha value is -0.893. The zero-order valence-corrected chi connectivity index (χ0v) is 20.3. The SMILES string of the molecule is C[SiH](C)Oc1cc(C(C)(C)C)cc2sc(C3=NC(C(=O)Cl)C(C)(C)S3)nc12. The van der Waals surface area contributed by atoms with E-state index in [0.29, 0.717) is 0 Å². The van der Waals surface area contributed by atoms with E-state index in [1.165, 1.54) is 5.56 Å². The van der Waals surface area contributed by atoms with Crippen molar-refractivity contribution >= 4 is 64.2 Å². The minimum Gasteiger partial charge on any atom is -0.545 e. The van der Waals surface area contributed by atoms with Gasteiger partial charge in [0, 0.05) is 4.75 Å². The molecule has 2 heterocycles. The maximum Gasteiger partial charge on any atom is 0.247 e. The van der Waals surface area contributed by atoms with Gasteiger partial charge in [-0.05, 0) is 61.7 Å². The molecule has 3 rings (SSSR count). The second-order valence-electron chi connectivity index (χ2n) is 8.60. The van der Waals surface area contributed by atoms with Crippen molar-refractivity contribution in [1.82, 2.24) is 4.98 Å². The number of carbonyl (C=O) groups excluding carboxylic acids is 1. The van der Waals surface area contributed by atoms with E-state index >= 15 is 0 Å². The van der Waals surface area contributed by atoms with Crippen molar-refractivity contribution < 1.29 is 9.22 Å². The predicted octanol–water partition coefficient (Wildman–Crippen LogP) is 5.36. The molecule has 0 radical (unpaired) electrons. The highest BCUT2D eigenvalue weighted by molar-refractivity contribution is 8.16. The van der Waals surface area contributed by atoms with Crippen LogP contribution in [0.25, 0.3) is 10.2 Å². The molecule has 8 heteroatoms. The molecule has 0 saturated heterocycles. The number of hydrogen-bond acceptors (Lipinski definition) is 6. The lowest BCUT2D eigenvalue weighted by molar-refractivity contribution is -0.113. The Labute approximate surface area is 175 Å². The first-order chi connectivity index (χ1) is 12.4. The minimum absolute atomic E-state index is 0.0206. The number of rotatable bonds is 4. The van der Waals surface area contributed by atoms with Crippen LogP contribution in [0.2, 0.25) is 13.1 Å². The van der Waals surface area contributed by atoms with Gasteiger partial charge in [0.15, 0.2) is 0 Å². The van der Waals surface area contributed by atoms with Crippen LogP contribution in [0.5, 0.6) is 5.75 Å². The summed E-state index contributed by atoms with van der Waals surface area (Å²) in [6, 6.07) is 3.77. The summed E-state index contributed by atoms with van der Waals surface area (Å²) in [7, 11) is -1.27. The monoisotopic (exact) mass is 440 g/mol. The lowest BCUT2D eigenvalue weighted by Crippen LogP contribution is -2.32. The Kier molecular flexibility index (Phi) is 5.53. The summed E-state index contributed by atoms with van der Waals surface area (Å²) in [6.45, 7) is 14.9. The van der Waals surface area contributed by atoms with Gasteiger partial charge in [0.1, 0.15) is 27.4 Å². The first-order valence-electron chi connectivity index (χ1n) is 8.97. The normalized spacial score (nSPS) is 19.6. The summed E-state index contributed by atoms with van der Waals surface area (Å²) >= 11 is 8.92. The molecule has 0 aliphatic carbocycles. The van der Waals surface area contributed by atoms with Gasteiger partial charge in [0.2, 0.25) is 14.3 Å². The van der Waals surface area contributed by atoms with E-state index in [2.05, 4.69) is 51.0 Å². The molecule has 1 aliphatic rings. The highest BCUT2D eigenvalue weighted by Crippen LogP contribution is 2.43. The fourth-order valence-electron chi connectivity index (χ4n) is 2.89. The molecule has 0 fully saturated rings. The van der Waals surface area contributed by atoms with Gasteiger partial charge < -0.3 is 4.43 Å². The number of hydrogen-bond donors (Lipinski definition) is 0. The van der Waals surface area contributed by atoms with E-state index in [0.717, 1.165) is 26.0 Å². The summed E-state index contributed by atoms with van der Waals surface area (Å²) < 4.78 is 6.92. The quantitative estimate of drug-likeness (QED) is 0.474. The molecule has 1 atom stereocenters. The molecular formula is C19H25ClN2O2S2Si. The fraction of sp³-hybridized carbons (Fsp3) is 0.526. The van der Waals surface area contributed by atoms with Crippen molar-refractivity contribution in [3.8, 4) is 5.75 Å². The van der Waals surface area contributed by atoms with Gasteiger partial charge in [-0.1, -0.05) is 32.5 Å². The number of thioether (sulfide) groups is 1. The van der Waals surface area contributed by atoms with E-state index in [9.17, 15) is 4.79 Å². The van der Waals surface area contributed by atoms with Crippen LogP contribution in [0.4, 0.5) is 0 Å². The third-order valence-corrected chi connectivity index (χ3v) is 7.66. The van der Waals surface area contributed by atoms with Crippen LogP contribution in [-0.2, 0) is 10.2 Å². The predicted molar refractivity (Wildman–Crippen MR) is 121 cm³/mol. The summed E-state index contributed by atoms with van der Waals surface area (Å²) in [6.07, 6.45) is 0. The summed E-state index contributed by atoms with van der Waals surface area (Å²) in [5.74, 6) is 0.856. The Balaban J connectivity index is 2.12. The van der Waals surface area contributed by atoms with Crippen LogP contribution < -0.4 is 4.43 Å². The van der Waals surface area contributed by atoms with Crippen LogP contribution in [0, 0.1) is 0 Å². The van der Waals surface area contributed by atoms with Gasteiger partial charge in [-0.15, -0.1) is 11.3 Å². The number of halogens is 1. The van der Waals surface area contributed by atoms with Crippen LogP contribution in [0.15, 0.2) is 17.1 Å². The Morgan fingerprint density at radius 2 is 1.96 bits per heavy atom. The molecule has 4 nitrogen and oxygen atoms in total. The van der Waals surface area contributed by atoms with Gasteiger partial charge in [0.05, 0.1) is 4.70 Å². The molecule has 1 aliphatic heterocycles. The van der Waals surface area contributed by atoms with Gasteiger partial charge in [0.25, 0.3) is 0 Å². The highest BCUT2D eigenvalue weighted by atomic mass is 35.5. The maximum absolute atomic E-state index is 11.8. The van der Waals surface area contributed by atoms with Crippen LogP contribution >= 0.6 is 34.7 Å². The Bertz CT molecular complexity index is 932. The van der Waals surface area contributed by atoms with E-state index in [1.54, 1.807) is 23.1 Å². The lowest BCUT2D eigenvalue weighted by atomic mass is 9.87. The zero-order valence-electron chi connectivity index (χ0n) is 16.7. The van der Waals surface area contributed by atoms with Gasteiger partial charge in [-0.2, -0.15) is 0 Å². The van der Waals surface area contributed by atoms with Crippen molar-refractivity contribution in [2.75, 3.05) is 0 Å². The number of aromatic nitrogens is 1. The lowest BCUT2D eigenvalue weighted by Gasteiger charge is -2.21. The number of carbonyl (C=O) groups is 1. The number of nitrogens with zero attached hydrogens (tertiary/aromatic N) is 2. The topological polar surface area (TPSA) is 51.5 Å². The molecule has 0 saturated carbocycles. The Morgan fingerprint density at radius 1 is 1.30 bits per heavy atom. The van der Waals surface area contributed by atoms with Gasteiger partial charge in [-0.25, -0.2) is 4.98 Å². The minimum atomic E-state index is -1.27. The first kappa shape index (κ1) is 20.8. The summed E-state index contributed by atoms with van der Waals surface area (Å²) in [5, 5.41) is 1.18. The second-order valence-corrected chi connectivity index (χ2v) is 14.0. The van der Waals surface area contributed by atoms with Crippen molar-refractivity contribution in [2.45, 2.75) is 63.9 Å². The number of thiazole rings is 1. The molecule has 1 unspecified atom stereocenters. The molecule has 0 amide bonds. The second kappa shape index (κ2) is 7.17. The molecule has 1 aromatic heterocycles. The van der Waals surface area contributed by atoms with Crippen molar-refractivity contribution in [3.63, 3.8) is 0 Å². The van der Waals surface area contributed by atoms with Crippen LogP contribution in [0.3, 0.4) is 0 Å². The van der Waals surface area contributed by atoms with Gasteiger partial charge in [-0.3, -0.25) is 9.79 Å². The standard InChI is InChI=1S/C19H25ClN2O2S2Si/c1-18(2,3)10-8-11(24-27(6)7)13-12(9-10)25-16(21-13)17-22-14(15(20)23)19(4,5)26-17/h8-9,14,27H,1-7H3. The Morgan fingerprint density at radius 3 is 2.48 bits per heavy atom. The molecule has 1 aromatic carbocycles. The smallest absolute Gasteiger partial charge is 0.247 e. The summed E-state index contributed by atoms with van der Waals surface area (Å²) in [4.78, 5) is 21.2. The van der Waals surface area contributed by atoms with Crippen LogP contribution in [-0.4, -0.2) is 35.1 Å². The third-order valence-electron chi connectivity index (χ3n) is 4.35. The maximum atomic E-state index is 11.8. The van der Waals surface area contributed by atoms with E-state index in [-0.39, 0.29) is 10.2 Å². The molecule has 0 spiro atoms. The average molecular weight is 441 g/mol. The number of fused-ring (bicyclic) bond motifs is 1. The van der Waals surface area contributed by atoms with Crippen LogP contribution in [0.1, 0.15) is 45.2 Å². The zero-order chi connectivity index (χ0) is 20.1. The fourth-order valence-corrected chi connectivity index (χ4v) is 6.19. The van der Waals surface area contributed by atoms with E-state index in [1.807, 2.05) is 13.8 Å². The first-order valence-corrected chi connectivity index (χ1v) is 13.8. The molecule has 2 aromatic rings. The number of benzene rings is 1. The summed E-state index contributed by atoms with van der Waals surface area (Å²) in [5.41, 5.74) is 2.13. The van der Waals surface area contributed by atoms with Gasteiger partial charge >= 0.3 is 0 Å². The van der Waals surface area contributed by atoms with Crippen molar-refractivity contribution in [2.24, 2.45) is 4.99 Å². The molecule has 146 valence electrons. The van der Waals surface area contributed by atoms with E-state index in [4.69, 9.17) is 21.0 Å². The highest BCUT2D eigenvalue weighted by Gasteiger charge is 2.42. The van der Waals surface area contributed by atoms with E-state index < -0.39 is 20.3 Å². The molecule has 0 N–H and O–H groups in total. The average Bonchev–Trinajstić information content (AvgIpc) is 3.06. The number of aliphatic imine (C=N–C) groups is 1. The third kappa shape index (κ3) is 4.26.